The van der Waals surface area contributed by atoms with E-state index >= 15 is 0 Å². The van der Waals surface area contributed by atoms with Crippen molar-refractivity contribution in [2.75, 3.05) is 0 Å². The fraction of sp³-hybridized carbons (Fsp3) is 0.500. The van der Waals surface area contributed by atoms with E-state index in [2.05, 4.69) is 9.97 Å². The van der Waals surface area contributed by atoms with E-state index in [-0.39, 0.29) is 6.10 Å². The van der Waals surface area contributed by atoms with Gasteiger partial charge in [0.15, 0.2) is 5.75 Å². The van der Waals surface area contributed by atoms with Gasteiger partial charge in [-0.25, -0.2) is 9.97 Å². The van der Waals surface area contributed by atoms with E-state index in [0.29, 0.717) is 0 Å². The van der Waals surface area contributed by atoms with Crippen molar-refractivity contribution in [2.45, 2.75) is 26.9 Å². The molecule has 0 aliphatic carbocycles. The second kappa shape index (κ2) is 3.32. The summed E-state index contributed by atoms with van der Waals surface area (Å²) in [5.41, 5.74) is 0.883. The average Bonchev–Trinajstić information content (AvgIpc) is 1.93. The van der Waals surface area contributed by atoms with E-state index < -0.39 is 0 Å². The van der Waals surface area contributed by atoms with Crippen LogP contribution in [0, 0.1) is 6.92 Å². The van der Waals surface area contributed by atoms with Crippen LogP contribution in [-0.2, 0) is 0 Å². The number of aromatic nitrogens is 2. The monoisotopic (exact) mass is 152 g/mol. The Kier molecular flexibility index (Phi) is 2.41. The van der Waals surface area contributed by atoms with Crippen molar-refractivity contribution in [3.8, 4) is 5.75 Å². The van der Waals surface area contributed by atoms with Gasteiger partial charge in [-0.2, -0.15) is 0 Å². The lowest BCUT2D eigenvalue weighted by molar-refractivity contribution is 0.238. The Morgan fingerprint density at radius 3 is 2.73 bits per heavy atom. The van der Waals surface area contributed by atoms with E-state index in [4.69, 9.17) is 4.74 Å². The summed E-state index contributed by atoms with van der Waals surface area (Å²) in [6, 6.07) is 0. The molecule has 11 heavy (non-hydrogen) atoms. The number of aryl methyl sites for hydroxylation is 1. The molecular weight excluding hydrogens is 140 g/mol. The average molecular weight is 152 g/mol. The Bertz CT molecular complexity index is 235. The molecule has 1 aromatic heterocycles. The van der Waals surface area contributed by atoms with Gasteiger partial charge in [-0.3, -0.25) is 0 Å². The largest absolute Gasteiger partial charge is 0.487 e. The maximum atomic E-state index is 5.42. The third-order valence-electron chi connectivity index (χ3n) is 1.23. The van der Waals surface area contributed by atoms with E-state index in [1.807, 2.05) is 20.8 Å². The molecule has 0 spiro atoms. The molecule has 0 bridgehead atoms. The quantitative estimate of drug-likeness (QED) is 0.645. The predicted octanol–water partition coefficient (Wildman–Crippen LogP) is 1.57. The summed E-state index contributed by atoms with van der Waals surface area (Å²) in [6.45, 7) is 5.86. The Morgan fingerprint density at radius 1 is 1.45 bits per heavy atom. The fourth-order valence-corrected chi connectivity index (χ4v) is 0.748. The Hall–Kier alpha value is -1.12. The Balaban J connectivity index is 2.78. The van der Waals surface area contributed by atoms with Crippen LogP contribution >= 0.6 is 0 Å². The first-order valence-corrected chi connectivity index (χ1v) is 3.63. The summed E-state index contributed by atoms with van der Waals surface area (Å²) >= 11 is 0. The lowest BCUT2D eigenvalue weighted by atomic mass is 10.4. The summed E-state index contributed by atoms with van der Waals surface area (Å²) in [6.07, 6.45) is 3.38. The summed E-state index contributed by atoms with van der Waals surface area (Å²) in [5, 5.41) is 0. The fourth-order valence-electron chi connectivity index (χ4n) is 0.748. The molecule has 1 aromatic rings. The molecule has 1 rings (SSSR count). The van der Waals surface area contributed by atoms with Gasteiger partial charge in [0.2, 0.25) is 0 Å². The van der Waals surface area contributed by atoms with Gasteiger partial charge in [-0.05, 0) is 20.8 Å². The van der Waals surface area contributed by atoms with Crippen molar-refractivity contribution in [1.29, 1.82) is 0 Å². The molecule has 0 fully saturated rings. The zero-order valence-electron chi connectivity index (χ0n) is 7.03. The van der Waals surface area contributed by atoms with Crippen molar-refractivity contribution in [3.05, 3.63) is 18.2 Å². The van der Waals surface area contributed by atoms with Crippen LogP contribution in [0.25, 0.3) is 0 Å². The zero-order valence-corrected chi connectivity index (χ0v) is 7.03. The molecule has 0 aromatic carbocycles. The molecule has 3 heteroatoms. The predicted molar refractivity (Wildman–Crippen MR) is 42.5 cm³/mol. The van der Waals surface area contributed by atoms with Crippen LogP contribution in [0.15, 0.2) is 12.5 Å². The minimum Gasteiger partial charge on any atom is -0.487 e. The molecule has 0 amide bonds. The lowest BCUT2D eigenvalue weighted by Crippen LogP contribution is -2.07. The van der Waals surface area contributed by atoms with Gasteiger partial charge in [0.1, 0.15) is 6.33 Å². The highest BCUT2D eigenvalue weighted by atomic mass is 16.5. The Morgan fingerprint density at radius 2 is 2.18 bits per heavy atom. The highest BCUT2D eigenvalue weighted by Gasteiger charge is 2.00. The van der Waals surface area contributed by atoms with Crippen LogP contribution < -0.4 is 4.74 Å². The van der Waals surface area contributed by atoms with Gasteiger partial charge in [0, 0.05) is 0 Å². The summed E-state index contributed by atoms with van der Waals surface area (Å²) in [4.78, 5) is 7.86. The van der Waals surface area contributed by atoms with Crippen molar-refractivity contribution >= 4 is 0 Å². The SMILES string of the molecule is Cc1ncncc1OC(C)C. The molecule has 0 unspecified atom stereocenters. The molecule has 1 heterocycles. The second-order valence-electron chi connectivity index (χ2n) is 2.64. The highest BCUT2D eigenvalue weighted by molar-refractivity contribution is 5.21. The molecule has 0 saturated carbocycles. The summed E-state index contributed by atoms with van der Waals surface area (Å²) in [7, 11) is 0. The third kappa shape index (κ3) is 2.18. The molecule has 0 aliphatic rings. The van der Waals surface area contributed by atoms with Crippen molar-refractivity contribution in [1.82, 2.24) is 9.97 Å². The number of ether oxygens (including phenoxy) is 1. The molecule has 3 nitrogen and oxygen atoms in total. The zero-order chi connectivity index (χ0) is 8.27. The van der Waals surface area contributed by atoms with Crippen molar-refractivity contribution in [3.63, 3.8) is 0 Å². The topological polar surface area (TPSA) is 35.0 Å². The standard InChI is InChI=1S/C8H12N2O/c1-6(2)11-8-4-9-5-10-7(8)3/h4-6H,1-3H3. The number of rotatable bonds is 2. The molecule has 0 saturated heterocycles. The summed E-state index contributed by atoms with van der Waals surface area (Å²) < 4.78 is 5.42. The van der Waals surface area contributed by atoms with Crippen LogP contribution in [0.5, 0.6) is 5.75 Å². The van der Waals surface area contributed by atoms with Crippen molar-refractivity contribution in [2.24, 2.45) is 0 Å². The minimum absolute atomic E-state index is 0.180. The third-order valence-corrected chi connectivity index (χ3v) is 1.23. The van der Waals surface area contributed by atoms with Crippen LogP contribution in [0.1, 0.15) is 19.5 Å². The van der Waals surface area contributed by atoms with Gasteiger partial charge in [0.25, 0.3) is 0 Å². The van der Waals surface area contributed by atoms with Crippen LogP contribution in [0.3, 0.4) is 0 Å². The number of hydrogen-bond donors (Lipinski definition) is 0. The van der Waals surface area contributed by atoms with Gasteiger partial charge in [-0.15, -0.1) is 0 Å². The van der Waals surface area contributed by atoms with E-state index in [1.165, 1.54) is 6.33 Å². The van der Waals surface area contributed by atoms with Crippen molar-refractivity contribution < 1.29 is 4.74 Å². The van der Waals surface area contributed by atoms with Crippen LogP contribution in [-0.4, -0.2) is 16.1 Å². The van der Waals surface area contributed by atoms with E-state index in [1.54, 1.807) is 6.20 Å². The van der Waals surface area contributed by atoms with Gasteiger partial charge in [-0.1, -0.05) is 0 Å². The lowest BCUT2D eigenvalue weighted by Gasteiger charge is -2.09. The Labute approximate surface area is 66.4 Å². The first-order chi connectivity index (χ1) is 5.20. The smallest absolute Gasteiger partial charge is 0.159 e. The van der Waals surface area contributed by atoms with E-state index in [9.17, 15) is 0 Å². The van der Waals surface area contributed by atoms with E-state index in [0.717, 1.165) is 11.4 Å². The van der Waals surface area contributed by atoms with Gasteiger partial charge >= 0.3 is 0 Å². The maximum absolute atomic E-state index is 5.42. The molecule has 60 valence electrons. The molecule has 0 N–H and O–H groups in total. The summed E-state index contributed by atoms with van der Waals surface area (Å²) in [5.74, 6) is 0.766. The molecule has 0 atom stereocenters. The number of hydrogen-bond acceptors (Lipinski definition) is 3. The van der Waals surface area contributed by atoms with Crippen LogP contribution in [0.2, 0.25) is 0 Å². The van der Waals surface area contributed by atoms with Gasteiger partial charge in [0.05, 0.1) is 18.0 Å². The first-order valence-electron chi connectivity index (χ1n) is 3.63. The van der Waals surface area contributed by atoms with Crippen LogP contribution in [0.4, 0.5) is 0 Å². The normalized spacial score (nSPS) is 10.2. The van der Waals surface area contributed by atoms with Gasteiger partial charge < -0.3 is 4.74 Å². The first kappa shape index (κ1) is 7.98. The minimum atomic E-state index is 0.180. The molecule has 0 aliphatic heterocycles. The number of nitrogens with zero attached hydrogens (tertiary/aromatic N) is 2. The maximum Gasteiger partial charge on any atom is 0.159 e. The molecule has 0 radical (unpaired) electrons. The highest BCUT2D eigenvalue weighted by Crippen LogP contribution is 2.13. The second-order valence-corrected chi connectivity index (χ2v) is 2.64. The molecular formula is C8H12N2O.